The van der Waals surface area contributed by atoms with Crippen molar-refractivity contribution in [3.63, 3.8) is 0 Å². The third-order valence-corrected chi connectivity index (χ3v) is 4.42. The molecule has 2 heteroatoms. The Balaban J connectivity index is 1.94. The predicted molar refractivity (Wildman–Crippen MR) is 48.2 cm³/mol. The number of hydrogen-bond acceptors (Lipinski definition) is 2. The van der Waals surface area contributed by atoms with Gasteiger partial charge >= 0.3 is 5.97 Å². The lowest BCUT2D eigenvalue weighted by Gasteiger charge is -2.53. The Morgan fingerprint density at radius 2 is 1.46 bits per heavy atom. The second-order valence-electron chi connectivity index (χ2n) is 4.88. The molecule has 1 heterocycles. The first-order valence-electron chi connectivity index (χ1n) is 5.53. The maximum Gasteiger partial charge on any atom is 0.316 e. The van der Waals surface area contributed by atoms with Crippen molar-refractivity contribution in [1.82, 2.24) is 0 Å². The van der Waals surface area contributed by atoms with E-state index in [9.17, 15) is 4.79 Å². The molecule has 0 aromatic carbocycles. The SMILES string of the molecule is O=C1OC2(CCCC2)C12CCCC2. The summed E-state index contributed by atoms with van der Waals surface area (Å²) < 4.78 is 5.49. The zero-order valence-corrected chi connectivity index (χ0v) is 7.97. The first-order valence-corrected chi connectivity index (χ1v) is 5.53. The fourth-order valence-corrected chi connectivity index (χ4v) is 3.68. The van der Waals surface area contributed by atoms with Gasteiger partial charge in [-0.2, -0.15) is 0 Å². The topological polar surface area (TPSA) is 26.3 Å². The molecule has 0 unspecified atom stereocenters. The van der Waals surface area contributed by atoms with Crippen molar-refractivity contribution < 1.29 is 9.53 Å². The van der Waals surface area contributed by atoms with Crippen molar-refractivity contribution in [3.8, 4) is 0 Å². The summed E-state index contributed by atoms with van der Waals surface area (Å²) >= 11 is 0. The van der Waals surface area contributed by atoms with Gasteiger partial charge in [0, 0.05) is 0 Å². The second-order valence-corrected chi connectivity index (χ2v) is 4.88. The van der Waals surface area contributed by atoms with Crippen molar-refractivity contribution in [2.45, 2.75) is 57.0 Å². The zero-order valence-electron chi connectivity index (χ0n) is 7.97. The molecule has 72 valence electrons. The standard InChI is InChI=1S/C11H16O2/c12-9-10(5-1-2-6-10)11(13-9)7-3-4-8-11/h1-8H2. The molecule has 1 aliphatic heterocycles. The molecule has 2 spiro atoms. The Morgan fingerprint density at radius 1 is 0.923 bits per heavy atom. The molecule has 2 saturated carbocycles. The first-order chi connectivity index (χ1) is 6.29. The molecular weight excluding hydrogens is 164 g/mol. The van der Waals surface area contributed by atoms with E-state index in [0.717, 1.165) is 25.7 Å². The van der Waals surface area contributed by atoms with Crippen LogP contribution in [-0.4, -0.2) is 11.6 Å². The Bertz CT molecular complexity index is 245. The van der Waals surface area contributed by atoms with Crippen LogP contribution in [0.5, 0.6) is 0 Å². The van der Waals surface area contributed by atoms with Crippen molar-refractivity contribution in [2.75, 3.05) is 0 Å². The molecule has 13 heavy (non-hydrogen) atoms. The number of esters is 1. The van der Waals surface area contributed by atoms with E-state index in [4.69, 9.17) is 4.74 Å². The fourth-order valence-electron chi connectivity index (χ4n) is 3.68. The van der Waals surface area contributed by atoms with Gasteiger partial charge in [-0.25, -0.2) is 0 Å². The first kappa shape index (κ1) is 7.84. The lowest BCUT2D eigenvalue weighted by Crippen LogP contribution is -2.64. The lowest BCUT2D eigenvalue weighted by molar-refractivity contribution is -0.241. The van der Waals surface area contributed by atoms with Gasteiger partial charge in [0.15, 0.2) is 0 Å². The second kappa shape index (κ2) is 2.28. The third-order valence-electron chi connectivity index (χ3n) is 4.42. The average Bonchev–Trinajstić information content (AvgIpc) is 2.73. The van der Waals surface area contributed by atoms with Crippen molar-refractivity contribution in [3.05, 3.63) is 0 Å². The summed E-state index contributed by atoms with van der Waals surface area (Å²) in [5.41, 5.74) is 0.00405. The molecule has 0 radical (unpaired) electrons. The lowest BCUT2D eigenvalue weighted by atomic mass is 9.64. The van der Waals surface area contributed by atoms with E-state index in [-0.39, 0.29) is 17.0 Å². The highest BCUT2D eigenvalue weighted by molar-refractivity contribution is 5.85. The van der Waals surface area contributed by atoms with Crippen LogP contribution in [0.2, 0.25) is 0 Å². The molecule has 0 atom stereocenters. The van der Waals surface area contributed by atoms with Crippen LogP contribution >= 0.6 is 0 Å². The Labute approximate surface area is 78.6 Å². The summed E-state index contributed by atoms with van der Waals surface area (Å²) in [5.74, 6) is 0.118. The minimum absolute atomic E-state index is 0.0104. The van der Waals surface area contributed by atoms with E-state index in [2.05, 4.69) is 0 Å². The molecule has 0 N–H and O–H groups in total. The van der Waals surface area contributed by atoms with Gasteiger partial charge in [-0.15, -0.1) is 0 Å². The minimum Gasteiger partial charge on any atom is -0.457 e. The fraction of sp³-hybridized carbons (Fsp3) is 0.909. The maximum absolute atomic E-state index is 11.6. The van der Waals surface area contributed by atoms with Crippen LogP contribution in [0.4, 0.5) is 0 Å². The van der Waals surface area contributed by atoms with Crippen LogP contribution in [0.3, 0.4) is 0 Å². The number of rotatable bonds is 0. The monoisotopic (exact) mass is 180 g/mol. The van der Waals surface area contributed by atoms with Crippen LogP contribution < -0.4 is 0 Å². The number of hydrogen-bond donors (Lipinski definition) is 0. The van der Waals surface area contributed by atoms with Crippen molar-refractivity contribution >= 4 is 5.97 Å². The normalized spacial score (nSPS) is 33.7. The van der Waals surface area contributed by atoms with Gasteiger partial charge in [0.2, 0.25) is 0 Å². The van der Waals surface area contributed by atoms with Gasteiger partial charge in [0.05, 0.1) is 0 Å². The van der Waals surface area contributed by atoms with Gasteiger partial charge in [-0.05, 0) is 38.5 Å². The molecule has 0 amide bonds. The summed E-state index contributed by atoms with van der Waals surface area (Å²) in [7, 11) is 0. The van der Waals surface area contributed by atoms with E-state index in [1.54, 1.807) is 0 Å². The number of carbonyl (C=O) groups is 1. The van der Waals surface area contributed by atoms with E-state index in [0.29, 0.717) is 0 Å². The Kier molecular flexibility index (Phi) is 1.38. The largest absolute Gasteiger partial charge is 0.457 e. The van der Waals surface area contributed by atoms with Gasteiger partial charge in [0.1, 0.15) is 11.0 Å². The molecule has 2 nitrogen and oxygen atoms in total. The van der Waals surface area contributed by atoms with Gasteiger partial charge < -0.3 is 4.74 Å². The van der Waals surface area contributed by atoms with Crippen LogP contribution in [0.15, 0.2) is 0 Å². The third kappa shape index (κ3) is 0.733. The van der Waals surface area contributed by atoms with Gasteiger partial charge in [-0.1, -0.05) is 12.8 Å². The molecule has 0 bridgehead atoms. The summed E-state index contributed by atoms with van der Waals surface area (Å²) in [4.78, 5) is 11.6. The summed E-state index contributed by atoms with van der Waals surface area (Å²) in [6.07, 6.45) is 9.47. The number of fused-ring (bicyclic) bond motifs is 1. The summed E-state index contributed by atoms with van der Waals surface area (Å²) in [6, 6.07) is 0. The summed E-state index contributed by atoms with van der Waals surface area (Å²) in [6.45, 7) is 0. The summed E-state index contributed by atoms with van der Waals surface area (Å²) in [5, 5.41) is 0. The molecule has 0 aromatic heterocycles. The van der Waals surface area contributed by atoms with E-state index < -0.39 is 0 Å². The molecule has 3 fully saturated rings. The number of ether oxygens (including phenoxy) is 1. The molecule has 2 aliphatic carbocycles. The Hall–Kier alpha value is -0.530. The van der Waals surface area contributed by atoms with Gasteiger partial charge in [-0.3, -0.25) is 4.79 Å². The molecule has 3 aliphatic rings. The zero-order chi connectivity index (χ0) is 8.94. The van der Waals surface area contributed by atoms with E-state index in [1.807, 2.05) is 0 Å². The number of carbonyl (C=O) groups excluding carboxylic acids is 1. The Morgan fingerprint density at radius 3 is 2.00 bits per heavy atom. The molecule has 3 rings (SSSR count). The van der Waals surface area contributed by atoms with E-state index in [1.165, 1.54) is 25.7 Å². The van der Waals surface area contributed by atoms with Gasteiger partial charge in [0.25, 0.3) is 0 Å². The van der Waals surface area contributed by atoms with Crippen molar-refractivity contribution in [2.24, 2.45) is 5.41 Å². The van der Waals surface area contributed by atoms with Crippen LogP contribution in [0, 0.1) is 5.41 Å². The quantitative estimate of drug-likeness (QED) is 0.535. The molecule has 1 saturated heterocycles. The van der Waals surface area contributed by atoms with Crippen molar-refractivity contribution in [1.29, 1.82) is 0 Å². The smallest absolute Gasteiger partial charge is 0.316 e. The van der Waals surface area contributed by atoms with Crippen LogP contribution in [-0.2, 0) is 9.53 Å². The van der Waals surface area contributed by atoms with Crippen LogP contribution in [0.25, 0.3) is 0 Å². The highest BCUT2D eigenvalue weighted by Gasteiger charge is 2.69. The molecular formula is C11H16O2. The average molecular weight is 180 g/mol. The van der Waals surface area contributed by atoms with Crippen LogP contribution in [0.1, 0.15) is 51.4 Å². The minimum atomic E-state index is -0.0104. The highest BCUT2D eigenvalue weighted by Crippen LogP contribution is 2.62. The maximum atomic E-state index is 11.6. The highest BCUT2D eigenvalue weighted by atomic mass is 16.6. The molecule has 0 aromatic rings. The van der Waals surface area contributed by atoms with E-state index >= 15 is 0 Å². The predicted octanol–water partition coefficient (Wildman–Crippen LogP) is 2.42.